The highest BCUT2D eigenvalue weighted by Gasteiger charge is 2.32. The van der Waals surface area contributed by atoms with Crippen LogP contribution in [0.5, 0.6) is 0 Å². The van der Waals surface area contributed by atoms with Crippen molar-refractivity contribution in [1.82, 2.24) is 0 Å². The number of benzene rings is 1. The molecule has 106 valence electrons. The summed E-state index contributed by atoms with van der Waals surface area (Å²) in [4.78, 5) is 0. The monoisotopic (exact) mass is 273 g/mol. The first-order chi connectivity index (χ1) is 8.97. The van der Waals surface area contributed by atoms with Gasteiger partial charge in [-0.1, -0.05) is 6.07 Å². The number of halogens is 3. The van der Waals surface area contributed by atoms with Gasteiger partial charge in [-0.15, -0.1) is 0 Å². The number of aryl methyl sites for hydroxylation is 1. The van der Waals surface area contributed by atoms with E-state index in [-0.39, 0.29) is 11.7 Å². The molecule has 1 aliphatic rings. The van der Waals surface area contributed by atoms with Crippen LogP contribution in [0, 0.1) is 6.92 Å². The minimum absolute atomic E-state index is 0.101. The second kappa shape index (κ2) is 5.82. The van der Waals surface area contributed by atoms with E-state index in [4.69, 9.17) is 4.74 Å². The lowest BCUT2D eigenvalue weighted by Crippen LogP contribution is -2.27. The average Bonchev–Trinajstić information content (AvgIpc) is 2.37. The van der Waals surface area contributed by atoms with Gasteiger partial charge in [-0.05, 0) is 43.9 Å². The smallest absolute Gasteiger partial charge is 0.382 e. The van der Waals surface area contributed by atoms with Crippen LogP contribution < -0.4 is 5.32 Å². The molecule has 0 aliphatic carbocycles. The largest absolute Gasteiger partial charge is 0.416 e. The molecule has 1 unspecified atom stereocenters. The lowest BCUT2D eigenvalue weighted by Gasteiger charge is -2.23. The van der Waals surface area contributed by atoms with E-state index in [0.29, 0.717) is 12.2 Å². The molecule has 1 aromatic carbocycles. The molecule has 1 heterocycles. The van der Waals surface area contributed by atoms with E-state index >= 15 is 0 Å². The lowest BCUT2D eigenvalue weighted by atomic mass is 10.1. The number of nitrogens with one attached hydrogen (secondary N) is 1. The van der Waals surface area contributed by atoms with E-state index in [2.05, 4.69) is 5.32 Å². The molecule has 0 spiro atoms. The zero-order valence-corrected chi connectivity index (χ0v) is 10.9. The molecule has 1 atom stereocenters. The molecule has 1 fully saturated rings. The fourth-order valence-corrected chi connectivity index (χ4v) is 2.24. The van der Waals surface area contributed by atoms with E-state index in [1.165, 1.54) is 13.0 Å². The van der Waals surface area contributed by atoms with Crippen molar-refractivity contribution >= 4 is 5.69 Å². The van der Waals surface area contributed by atoms with Crippen molar-refractivity contribution < 1.29 is 17.9 Å². The van der Waals surface area contributed by atoms with Gasteiger partial charge >= 0.3 is 6.18 Å². The van der Waals surface area contributed by atoms with Gasteiger partial charge in [0, 0.05) is 18.8 Å². The third-order valence-corrected chi connectivity index (χ3v) is 3.35. The SMILES string of the molecule is Cc1ccc(NCC2CCCCO2)cc1C(F)(F)F. The Bertz CT molecular complexity index is 425. The van der Waals surface area contributed by atoms with Crippen LogP contribution in [0.2, 0.25) is 0 Å². The Morgan fingerprint density at radius 1 is 1.32 bits per heavy atom. The molecular weight excluding hydrogens is 255 g/mol. The number of anilines is 1. The number of alkyl halides is 3. The summed E-state index contributed by atoms with van der Waals surface area (Å²) in [5.41, 5.74) is 0.154. The highest BCUT2D eigenvalue weighted by Crippen LogP contribution is 2.33. The van der Waals surface area contributed by atoms with Crippen molar-refractivity contribution in [1.29, 1.82) is 0 Å². The summed E-state index contributed by atoms with van der Waals surface area (Å²) in [5.74, 6) is 0. The molecule has 0 bridgehead atoms. The maximum absolute atomic E-state index is 12.8. The Hall–Kier alpha value is -1.23. The lowest BCUT2D eigenvalue weighted by molar-refractivity contribution is -0.138. The van der Waals surface area contributed by atoms with Crippen LogP contribution >= 0.6 is 0 Å². The Morgan fingerprint density at radius 3 is 2.74 bits per heavy atom. The van der Waals surface area contributed by atoms with Crippen LogP contribution in [0.25, 0.3) is 0 Å². The van der Waals surface area contributed by atoms with Gasteiger partial charge in [0.15, 0.2) is 0 Å². The number of ether oxygens (including phenoxy) is 1. The molecule has 0 saturated carbocycles. The van der Waals surface area contributed by atoms with Crippen molar-refractivity contribution in [2.24, 2.45) is 0 Å². The van der Waals surface area contributed by atoms with Crippen molar-refractivity contribution in [2.45, 2.75) is 38.5 Å². The second-order valence-electron chi connectivity index (χ2n) is 4.90. The fourth-order valence-electron chi connectivity index (χ4n) is 2.24. The van der Waals surface area contributed by atoms with Crippen LogP contribution in [0.3, 0.4) is 0 Å². The van der Waals surface area contributed by atoms with Crippen LogP contribution in [-0.4, -0.2) is 19.3 Å². The second-order valence-corrected chi connectivity index (χ2v) is 4.90. The van der Waals surface area contributed by atoms with Gasteiger partial charge in [0.2, 0.25) is 0 Å². The predicted molar refractivity (Wildman–Crippen MR) is 68.3 cm³/mol. The van der Waals surface area contributed by atoms with Crippen LogP contribution in [0.4, 0.5) is 18.9 Å². The molecule has 0 radical (unpaired) electrons. The van der Waals surface area contributed by atoms with E-state index in [1.807, 2.05) is 0 Å². The summed E-state index contributed by atoms with van der Waals surface area (Å²) < 4.78 is 43.8. The molecule has 0 amide bonds. The normalized spacial score (nSPS) is 20.3. The third-order valence-electron chi connectivity index (χ3n) is 3.35. The van der Waals surface area contributed by atoms with Crippen molar-refractivity contribution in [2.75, 3.05) is 18.5 Å². The van der Waals surface area contributed by atoms with Gasteiger partial charge in [-0.3, -0.25) is 0 Å². The summed E-state index contributed by atoms with van der Waals surface area (Å²) in [5, 5.41) is 3.03. The molecule has 19 heavy (non-hydrogen) atoms. The predicted octanol–water partition coefficient (Wildman–Crippen LogP) is 3.99. The van der Waals surface area contributed by atoms with Crippen molar-refractivity contribution in [3.05, 3.63) is 29.3 Å². The van der Waals surface area contributed by atoms with E-state index in [0.717, 1.165) is 31.9 Å². The zero-order valence-electron chi connectivity index (χ0n) is 10.9. The summed E-state index contributed by atoms with van der Waals surface area (Å²) in [6.45, 7) is 2.77. The molecule has 5 heteroatoms. The highest BCUT2D eigenvalue weighted by molar-refractivity contribution is 5.49. The number of rotatable bonds is 3. The Morgan fingerprint density at radius 2 is 2.11 bits per heavy atom. The molecule has 1 saturated heterocycles. The number of hydrogen-bond acceptors (Lipinski definition) is 2. The molecule has 0 aromatic heterocycles. The van der Waals surface area contributed by atoms with Crippen LogP contribution in [0.15, 0.2) is 18.2 Å². The van der Waals surface area contributed by atoms with E-state index in [9.17, 15) is 13.2 Å². The quantitative estimate of drug-likeness (QED) is 0.899. The van der Waals surface area contributed by atoms with Gasteiger partial charge in [-0.2, -0.15) is 13.2 Å². The Labute approximate surface area is 111 Å². The molecule has 1 N–H and O–H groups in total. The molecular formula is C14H18F3NO. The maximum atomic E-state index is 12.8. The summed E-state index contributed by atoms with van der Waals surface area (Å²) in [6, 6.07) is 4.33. The van der Waals surface area contributed by atoms with E-state index < -0.39 is 11.7 Å². The zero-order chi connectivity index (χ0) is 13.9. The summed E-state index contributed by atoms with van der Waals surface area (Å²) in [7, 11) is 0. The maximum Gasteiger partial charge on any atom is 0.416 e. The van der Waals surface area contributed by atoms with Crippen LogP contribution in [-0.2, 0) is 10.9 Å². The van der Waals surface area contributed by atoms with Gasteiger partial charge in [0.05, 0.1) is 11.7 Å². The first-order valence-corrected chi connectivity index (χ1v) is 6.50. The van der Waals surface area contributed by atoms with Gasteiger partial charge in [-0.25, -0.2) is 0 Å². The first kappa shape index (κ1) is 14.2. The minimum atomic E-state index is -4.30. The standard InChI is InChI=1S/C14H18F3NO/c1-10-5-6-11(8-13(10)14(15,16)17)18-9-12-4-2-3-7-19-12/h5-6,8,12,18H,2-4,7,9H2,1H3. The fraction of sp³-hybridized carbons (Fsp3) is 0.571. The number of hydrogen-bond donors (Lipinski definition) is 1. The molecule has 1 aliphatic heterocycles. The van der Waals surface area contributed by atoms with Crippen molar-refractivity contribution in [3.63, 3.8) is 0 Å². The minimum Gasteiger partial charge on any atom is -0.382 e. The van der Waals surface area contributed by atoms with Gasteiger partial charge < -0.3 is 10.1 Å². The third kappa shape index (κ3) is 3.86. The first-order valence-electron chi connectivity index (χ1n) is 6.50. The average molecular weight is 273 g/mol. The highest BCUT2D eigenvalue weighted by atomic mass is 19.4. The summed E-state index contributed by atoms with van der Waals surface area (Å²) in [6.07, 6.45) is -1.05. The van der Waals surface area contributed by atoms with Gasteiger partial charge in [0.25, 0.3) is 0 Å². The molecule has 1 aromatic rings. The Kier molecular flexibility index (Phi) is 4.34. The van der Waals surface area contributed by atoms with Gasteiger partial charge in [0.1, 0.15) is 0 Å². The van der Waals surface area contributed by atoms with Crippen molar-refractivity contribution in [3.8, 4) is 0 Å². The summed E-state index contributed by atoms with van der Waals surface area (Å²) >= 11 is 0. The Balaban J connectivity index is 2.00. The molecule has 2 nitrogen and oxygen atoms in total. The molecule has 2 rings (SSSR count). The topological polar surface area (TPSA) is 21.3 Å². The van der Waals surface area contributed by atoms with E-state index in [1.54, 1.807) is 6.07 Å². The van der Waals surface area contributed by atoms with Crippen LogP contribution in [0.1, 0.15) is 30.4 Å².